The van der Waals surface area contributed by atoms with E-state index in [9.17, 15) is 14.4 Å². The summed E-state index contributed by atoms with van der Waals surface area (Å²) in [7, 11) is 0. The van der Waals surface area contributed by atoms with Crippen molar-refractivity contribution in [2.75, 3.05) is 18.0 Å². The molecule has 0 saturated carbocycles. The van der Waals surface area contributed by atoms with Crippen molar-refractivity contribution in [1.82, 2.24) is 5.32 Å². The van der Waals surface area contributed by atoms with Gasteiger partial charge in [-0.2, -0.15) is 0 Å². The molecule has 1 aliphatic rings. The van der Waals surface area contributed by atoms with Crippen LogP contribution >= 0.6 is 0 Å². The number of carbonyl (C=O) groups is 3. The molecule has 20 heavy (non-hydrogen) atoms. The number of amides is 2. The van der Waals surface area contributed by atoms with E-state index in [1.807, 2.05) is 0 Å². The van der Waals surface area contributed by atoms with Gasteiger partial charge in [0.15, 0.2) is 0 Å². The molecule has 106 valence electrons. The minimum Gasteiger partial charge on any atom is -0.478 e. The highest BCUT2D eigenvalue weighted by molar-refractivity contribution is 5.97. The van der Waals surface area contributed by atoms with Crippen LogP contribution in [0.25, 0.3) is 0 Å². The summed E-state index contributed by atoms with van der Waals surface area (Å²) in [4.78, 5) is 35.4. The summed E-state index contributed by atoms with van der Waals surface area (Å²) >= 11 is 0. The smallest absolute Gasteiger partial charge is 0.335 e. The molecule has 2 rings (SSSR count). The number of carbonyl (C=O) groups excluding carboxylic acids is 2. The molecular weight excluding hydrogens is 260 g/mol. The van der Waals surface area contributed by atoms with Crippen molar-refractivity contribution in [3.63, 3.8) is 0 Å². The number of nitrogens with zero attached hydrogens (tertiary/aromatic N) is 1. The van der Waals surface area contributed by atoms with Crippen LogP contribution in [0.4, 0.5) is 5.69 Å². The van der Waals surface area contributed by atoms with Crippen molar-refractivity contribution in [2.24, 2.45) is 0 Å². The molecule has 6 nitrogen and oxygen atoms in total. The van der Waals surface area contributed by atoms with Gasteiger partial charge in [-0.15, -0.1) is 0 Å². The van der Waals surface area contributed by atoms with Gasteiger partial charge in [0, 0.05) is 32.1 Å². The second-order valence-electron chi connectivity index (χ2n) is 4.68. The summed E-state index contributed by atoms with van der Waals surface area (Å²) in [5.74, 6) is -1.20. The molecule has 0 spiro atoms. The minimum atomic E-state index is -0.969. The molecule has 0 saturated heterocycles. The number of aromatic carboxylic acids is 1. The van der Waals surface area contributed by atoms with Gasteiger partial charge >= 0.3 is 5.97 Å². The van der Waals surface area contributed by atoms with Crippen LogP contribution in [0.5, 0.6) is 0 Å². The number of hydrogen-bond acceptors (Lipinski definition) is 3. The Morgan fingerprint density at radius 1 is 1.35 bits per heavy atom. The van der Waals surface area contributed by atoms with E-state index >= 15 is 0 Å². The van der Waals surface area contributed by atoms with Gasteiger partial charge in [0.05, 0.1) is 5.56 Å². The summed E-state index contributed by atoms with van der Waals surface area (Å²) in [6.45, 7) is 2.27. The van der Waals surface area contributed by atoms with Gasteiger partial charge in [0.2, 0.25) is 11.8 Å². The molecular formula is C14H16N2O4. The van der Waals surface area contributed by atoms with E-state index in [4.69, 9.17) is 5.11 Å². The molecule has 0 bridgehead atoms. The molecule has 1 heterocycles. The van der Waals surface area contributed by atoms with E-state index < -0.39 is 5.97 Å². The van der Waals surface area contributed by atoms with Crippen molar-refractivity contribution in [2.45, 2.75) is 19.8 Å². The first-order chi connectivity index (χ1) is 9.49. The van der Waals surface area contributed by atoms with Gasteiger partial charge in [-0.3, -0.25) is 9.59 Å². The number of carboxylic acids is 1. The third-order valence-corrected chi connectivity index (χ3v) is 3.24. The molecule has 0 fully saturated rings. The van der Waals surface area contributed by atoms with Gasteiger partial charge in [0.1, 0.15) is 0 Å². The lowest BCUT2D eigenvalue weighted by Gasteiger charge is -2.17. The number of rotatable bonds is 4. The number of benzene rings is 1. The Hall–Kier alpha value is -2.37. The molecule has 0 unspecified atom stereocenters. The van der Waals surface area contributed by atoms with Gasteiger partial charge in [-0.05, 0) is 30.2 Å². The van der Waals surface area contributed by atoms with Gasteiger partial charge in [-0.25, -0.2) is 4.79 Å². The van der Waals surface area contributed by atoms with E-state index in [-0.39, 0.29) is 23.8 Å². The largest absolute Gasteiger partial charge is 0.478 e. The predicted molar refractivity (Wildman–Crippen MR) is 72.8 cm³/mol. The maximum atomic E-state index is 12.1. The summed E-state index contributed by atoms with van der Waals surface area (Å²) in [5, 5.41) is 11.5. The van der Waals surface area contributed by atoms with Gasteiger partial charge in [0.25, 0.3) is 0 Å². The van der Waals surface area contributed by atoms with Crippen LogP contribution in [0.3, 0.4) is 0 Å². The Kier molecular flexibility index (Phi) is 4.02. The monoisotopic (exact) mass is 276 g/mol. The fourth-order valence-corrected chi connectivity index (χ4v) is 2.27. The van der Waals surface area contributed by atoms with Crippen LogP contribution in [-0.4, -0.2) is 36.0 Å². The number of carboxylic acid groups (broad SMARTS) is 1. The molecule has 1 aliphatic heterocycles. The fourth-order valence-electron chi connectivity index (χ4n) is 2.27. The first-order valence-electron chi connectivity index (χ1n) is 6.40. The normalized spacial score (nSPS) is 12.9. The van der Waals surface area contributed by atoms with Crippen LogP contribution in [0, 0.1) is 0 Å². The number of fused-ring (bicyclic) bond motifs is 1. The summed E-state index contributed by atoms with van der Waals surface area (Å²) in [5.41, 5.74) is 1.87. The minimum absolute atomic E-state index is 0.0689. The SMILES string of the molecule is CC(=O)NCCC(=O)N1CCc2cc(C(=O)O)ccc21. The first-order valence-corrected chi connectivity index (χ1v) is 6.40. The fraction of sp³-hybridized carbons (Fsp3) is 0.357. The summed E-state index contributed by atoms with van der Waals surface area (Å²) in [6, 6.07) is 4.78. The Morgan fingerprint density at radius 3 is 2.75 bits per heavy atom. The Balaban J connectivity index is 2.06. The van der Waals surface area contributed by atoms with E-state index in [1.54, 1.807) is 17.0 Å². The lowest BCUT2D eigenvalue weighted by Crippen LogP contribution is -2.32. The van der Waals surface area contributed by atoms with Gasteiger partial charge < -0.3 is 15.3 Å². The van der Waals surface area contributed by atoms with Crippen LogP contribution in [0.2, 0.25) is 0 Å². The summed E-state index contributed by atoms with van der Waals surface area (Å²) in [6.07, 6.45) is 0.891. The number of anilines is 1. The Labute approximate surface area is 116 Å². The van der Waals surface area contributed by atoms with Crippen molar-refractivity contribution in [3.8, 4) is 0 Å². The second kappa shape index (κ2) is 5.73. The van der Waals surface area contributed by atoms with E-state index in [0.717, 1.165) is 11.3 Å². The Bertz CT molecular complexity index is 568. The number of nitrogens with one attached hydrogen (secondary N) is 1. The van der Waals surface area contributed by atoms with Crippen molar-refractivity contribution < 1.29 is 19.5 Å². The third-order valence-electron chi connectivity index (χ3n) is 3.24. The topological polar surface area (TPSA) is 86.7 Å². The van der Waals surface area contributed by atoms with Gasteiger partial charge in [-0.1, -0.05) is 0 Å². The third kappa shape index (κ3) is 2.96. The molecule has 0 aliphatic carbocycles. The molecule has 2 amide bonds. The average molecular weight is 276 g/mol. The van der Waals surface area contributed by atoms with Crippen LogP contribution in [-0.2, 0) is 16.0 Å². The highest BCUT2D eigenvalue weighted by Crippen LogP contribution is 2.29. The maximum absolute atomic E-state index is 12.1. The molecule has 1 aromatic rings. The standard InChI is InChI=1S/C14H16N2O4/c1-9(17)15-6-4-13(18)16-7-5-10-8-11(14(19)20)2-3-12(10)16/h2-3,8H,4-7H2,1H3,(H,15,17)(H,19,20). The van der Waals surface area contributed by atoms with E-state index in [2.05, 4.69) is 5.32 Å². The molecule has 0 aromatic heterocycles. The first kappa shape index (κ1) is 14.0. The van der Waals surface area contributed by atoms with Crippen LogP contribution < -0.4 is 10.2 Å². The second-order valence-corrected chi connectivity index (χ2v) is 4.68. The predicted octanol–water partition coefficient (Wildman–Crippen LogP) is 0.800. The van der Waals surface area contributed by atoms with Crippen LogP contribution in [0.1, 0.15) is 29.3 Å². The Morgan fingerprint density at radius 2 is 2.10 bits per heavy atom. The number of hydrogen-bond donors (Lipinski definition) is 2. The van der Waals surface area contributed by atoms with Crippen molar-refractivity contribution in [3.05, 3.63) is 29.3 Å². The zero-order valence-electron chi connectivity index (χ0n) is 11.2. The highest BCUT2D eigenvalue weighted by Gasteiger charge is 2.25. The zero-order valence-corrected chi connectivity index (χ0v) is 11.2. The molecule has 0 radical (unpaired) electrons. The zero-order chi connectivity index (χ0) is 14.7. The molecule has 6 heteroatoms. The van der Waals surface area contributed by atoms with E-state index in [0.29, 0.717) is 19.5 Å². The quantitative estimate of drug-likeness (QED) is 0.851. The van der Waals surface area contributed by atoms with Crippen molar-refractivity contribution in [1.29, 1.82) is 0 Å². The molecule has 1 aromatic carbocycles. The summed E-state index contributed by atoms with van der Waals surface area (Å²) < 4.78 is 0. The molecule has 0 atom stereocenters. The van der Waals surface area contributed by atoms with Crippen molar-refractivity contribution >= 4 is 23.5 Å². The average Bonchev–Trinajstić information content (AvgIpc) is 2.80. The molecule has 2 N–H and O–H groups in total. The lowest BCUT2D eigenvalue weighted by atomic mass is 10.1. The van der Waals surface area contributed by atoms with Crippen LogP contribution in [0.15, 0.2) is 18.2 Å². The lowest BCUT2D eigenvalue weighted by molar-refractivity contribution is -0.119. The maximum Gasteiger partial charge on any atom is 0.335 e. The van der Waals surface area contributed by atoms with E-state index in [1.165, 1.54) is 13.0 Å². The highest BCUT2D eigenvalue weighted by atomic mass is 16.4.